The summed E-state index contributed by atoms with van der Waals surface area (Å²) in [5, 5.41) is 5.63. The molecule has 2 aromatic rings. The lowest BCUT2D eigenvalue weighted by atomic mass is 10.0. The molecule has 0 saturated carbocycles. The number of hydrogen-bond donors (Lipinski definition) is 4. The van der Waals surface area contributed by atoms with E-state index in [0.717, 1.165) is 30.0 Å². The van der Waals surface area contributed by atoms with Crippen molar-refractivity contribution in [2.75, 3.05) is 26.7 Å². The normalized spacial score (nSPS) is 15.9. The Kier molecular flexibility index (Phi) is 7.68. The van der Waals surface area contributed by atoms with Crippen molar-refractivity contribution in [2.24, 2.45) is 5.73 Å². The van der Waals surface area contributed by atoms with Crippen LogP contribution in [-0.2, 0) is 11.2 Å². The smallest absolute Gasteiger partial charge is 0.312 e. The number of carbonyl (C=O) groups excluding carboxylic acids is 2. The monoisotopic (exact) mass is 411 g/mol. The Balaban J connectivity index is 1.73. The summed E-state index contributed by atoms with van der Waals surface area (Å²) in [7, 11) is 1.67. The van der Waals surface area contributed by atoms with Gasteiger partial charge < -0.3 is 26.0 Å². The van der Waals surface area contributed by atoms with Gasteiger partial charge in [-0.3, -0.25) is 4.79 Å². The van der Waals surface area contributed by atoms with Crippen LogP contribution >= 0.6 is 0 Å². The molecule has 1 aliphatic heterocycles. The predicted molar refractivity (Wildman–Crippen MR) is 115 cm³/mol. The molecule has 0 spiro atoms. The van der Waals surface area contributed by atoms with Crippen molar-refractivity contribution >= 4 is 11.9 Å². The van der Waals surface area contributed by atoms with E-state index in [9.17, 15) is 9.59 Å². The zero-order valence-corrected chi connectivity index (χ0v) is 17.4. The maximum atomic E-state index is 13.0. The number of urea groups is 1. The van der Waals surface area contributed by atoms with Crippen molar-refractivity contribution in [2.45, 2.75) is 31.3 Å². The molecule has 2 atom stereocenters. The molecule has 7 nitrogen and oxygen atoms in total. The van der Waals surface area contributed by atoms with Gasteiger partial charge in [-0.05, 0) is 17.7 Å². The van der Waals surface area contributed by atoms with Crippen molar-refractivity contribution in [3.05, 3.63) is 65.7 Å². The number of primary amides is 1. The molecule has 0 aromatic heterocycles. The third-order valence-corrected chi connectivity index (χ3v) is 5.65. The number of nitrogens with one attached hydrogen (secondary N) is 3. The first-order chi connectivity index (χ1) is 14.6. The SMILES string of the molecule is COc1ccccc1[C@@H](CNC(=O)[C@H](Cc1ccccc1)NC(N)=O)[NH+]1CCCC1. The van der Waals surface area contributed by atoms with Gasteiger partial charge in [-0.1, -0.05) is 42.5 Å². The minimum absolute atomic E-state index is 0.0820. The third kappa shape index (κ3) is 5.73. The number of likely N-dealkylation sites (tertiary alicyclic amines) is 1. The molecule has 0 unspecified atom stereocenters. The summed E-state index contributed by atoms with van der Waals surface area (Å²) < 4.78 is 5.57. The maximum Gasteiger partial charge on any atom is 0.312 e. The van der Waals surface area contributed by atoms with Gasteiger partial charge in [0.1, 0.15) is 17.8 Å². The molecule has 2 aromatic carbocycles. The number of carbonyl (C=O) groups is 2. The van der Waals surface area contributed by atoms with Gasteiger partial charge in [0.15, 0.2) is 0 Å². The number of benzene rings is 2. The van der Waals surface area contributed by atoms with E-state index in [4.69, 9.17) is 10.5 Å². The molecule has 1 aliphatic rings. The number of para-hydroxylation sites is 1. The Labute approximate surface area is 177 Å². The number of ether oxygens (including phenoxy) is 1. The van der Waals surface area contributed by atoms with Gasteiger partial charge in [0.05, 0.1) is 32.3 Å². The number of hydrogen-bond acceptors (Lipinski definition) is 3. The molecule has 0 radical (unpaired) electrons. The quantitative estimate of drug-likeness (QED) is 0.492. The number of quaternary nitrogens is 1. The number of nitrogens with two attached hydrogens (primary N) is 1. The lowest BCUT2D eigenvalue weighted by Gasteiger charge is -2.27. The number of rotatable bonds is 9. The molecule has 0 bridgehead atoms. The highest BCUT2D eigenvalue weighted by Crippen LogP contribution is 2.23. The Morgan fingerprint density at radius 2 is 1.73 bits per heavy atom. The van der Waals surface area contributed by atoms with Crippen LogP contribution in [0.5, 0.6) is 5.75 Å². The van der Waals surface area contributed by atoms with Gasteiger partial charge in [0.2, 0.25) is 5.91 Å². The van der Waals surface area contributed by atoms with Crippen molar-refractivity contribution in [1.29, 1.82) is 0 Å². The molecule has 0 aliphatic carbocycles. The molecule has 30 heavy (non-hydrogen) atoms. The van der Waals surface area contributed by atoms with Gasteiger partial charge in [-0.2, -0.15) is 0 Å². The third-order valence-electron chi connectivity index (χ3n) is 5.65. The van der Waals surface area contributed by atoms with Crippen LogP contribution in [0.4, 0.5) is 4.79 Å². The lowest BCUT2D eigenvalue weighted by Crippen LogP contribution is -3.11. The second-order valence-corrected chi connectivity index (χ2v) is 7.66. The highest BCUT2D eigenvalue weighted by Gasteiger charge is 2.31. The summed E-state index contributed by atoms with van der Waals surface area (Å²) in [5.74, 6) is 0.586. The van der Waals surface area contributed by atoms with Crippen molar-refractivity contribution in [3.63, 3.8) is 0 Å². The number of methoxy groups -OCH3 is 1. The van der Waals surface area contributed by atoms with Gasteiger partial charge in [-0.15, -0.1) is 0 Å². The van der Waals surface area contributed by atoms with Crippen molar-refractivity contribution < 1.29 is 19.2 Å². The van der Waals surface area contributed by atoms with E-state index < -0.39 is 12.1 Å². The first-order valence-electron chi connectivity index (χ1n) is 10.4. The highest BCUT2D eigenvalue weighted by molar-refractivity contribution is 5.86. The summed E-state index contributed by atoms with van der Waals surface area (Å²) in [6, 6.07) is 16.2. The predicted octanol–water partition coefficient (Wildman–Crippen LogP) is 0.811. The summed E-state index contributed by atoms with van der Waals surface area (Å²) in [6.07, 6.45) is 2.73. The molecule has 160 valence electrons. The second-order valence-electron chi connectivity index (χ2n) is 7.66. The molecule has 3 amide bonds. The fraction of sp³-hybridized carbons (Fsp3) is 0.391. The van der Waals surface area contributed by atoms with Crippen LogP contribution < -0.4 is 26.0 Å². The molecule has 7 heteroatoms. The second kappa shape index (κ2) is 10.6. The van der Waals surface area contributed by atoms with Gasteiger partial charge in [0.25, 0.3) is 0 Å². The molecular formula is C23H31N4O3+. The Morgan fingerprint density at radius 1 is 1.07 bits per heavy atom. The van der Waals surface area contributed by atoms with E-state index in [1.807, 2.05) is 48.5 Å². The first kappa shape index (κ1) is 21.6. The van der Waals surface area contributed by atoms with E-state index in [1.54, 1.807) is 7.11 Å². The van der Waals surface area contributed by atoms with Gasteiger partial charge in [-0.25, -0.2) is 4.79 Å². The van der Waals surface area contributed by atoms with Crippen LogP contribution in [0.3, 0.4) is 0 Å². The molecule has 5 N–H and O–H groups in total. The Hall–Kier alpha value is -3.06. The van der Waals surface area contributed by atoms with Crippen molar-refractivity contribution in [1.82, 2.24) is 10.6 Å². The van der Waals surface area contributed by atoms with E-state index in [0.29, 0.717) is 13.0 Å². The summed E-state index contributed by atoms with van der Waals surface area (Å²) in [5.41, 5.74) is 7.36. The Bertz CT molecular complexity index is 837. The molecule has 1 fully saturated rings. The van der Waals surface area contributed by atoms with Crippen LogP contribution in [-0.4, -0.2) is 44.7 Å². The van der Waals surface area contributed by atoms with Gasteiger partial charge >= 0.3 is 6.03 Å². The van der Waals surface area contributed by atoms with Crippen LogP contribution in [0, 0.1) is 0 Å². The molecular weight excluding hydrogens is 380 g/mol. The zero-order chi connectivity index (χ0) is 21.3. The topological polar surface area (TPSA) is 97.9 Å². The zero-order valence-electron chi connectivity index (χ0n) is 17.4. The summed E-state index contributed by atoms with van der Waals surface area (Å²) in [4.78, 5) is 25.9. The number of amides is 3. The Morgan fingerprint density at radius 3 is 2.40 bits per heavy atom. The van der Waals surface area contributed by atoms with E-state index >= 15 is 0 Å². The average molecular weight is 412 g/mol. The molecule has 1 saturated heterocycles. The minimum Gasteiger partial charge on any atom is -0.496 e. The first-order valence-corrected chi connectivity index (χ1v) is 10.4. The highest BCUT2D eigenvalue weighted by atomic mass is 16.5. The van der Waals surface area contributed by atoms with Crippen LogP contribution in [0.25, 0.3) is 0 Å². The summed E-state index contributed by atoms with van der Waals surface area (Å²) in [6.45, 7) is 2.58. The van der Waals surface area contributed by atoms with Crippen LogP contribution in [0.15, 0.2) is 54.6 Å². The fourth-order valence-electron chi connectivity index (χ4n) is 4.16. The van der Waals surface area contributed by atoms with E-state index in [-0.39, 0.29) is 11.9 Å². The van der Waals surface area contributed by atoms with E-state index in [2.05, 4.69) is 16.7 Å². The fourth-order valence-corrected chi connectivity index (χ4v) is 4.16. The average Bonchev–Trinajstić information content (AvgIpc) is 3.28. The largest absolute Gasteiger partial charge is 0.496 e. The standard InChI is InChI=1S/C23H30N4O3/c1-30-21-12-6-5-11-18(21)20(27-13-7-8-14-27)16-25-22(28)19(26-23(24)29)15-17-9-3-2-4-10-17/h2-6,9-12,19-20H,7-8,13-16H2,1H3,(H,25,28)(H3,24,26,29)/p+1/t19-,20+/m0/s1. The van der Waals surface area contributed by atoms with Crippen molar-refractivity contribution in [3.8, 4) is 5.75 Å². The molecule has 1 heterocycles. The lowest BCUT2D eigenvalue weighted by molar-refractivity contribution is -0.918. The van der Waals surface area contributed by atoms with Crippen LogP contribution in [0.1, 0.15) is 30.0 Å². The van der Waals surface area contributed by atoms with Gasteiger partial charge in [0, 0.05) is 19.3 Å². The summed E-state index contributed by atoms with van der Waals surface area (Å²) >= 11 is 0. The molecule has 3 rings (SSSR count). The van der Waals surface area contributed by atoms with E-state index in [1.165, 1.54) is 17.7 Å². The maximum absolute atomic E-state index is 13.0. The minimum atomic E-state index is -0.725. The van der Waals surface area contributed by atoms with Crippen LogP contribution in [0.2, 0.25) is 0 Å².